The summed E-state index contributed by atoms with van der Waals surface area (Å²) in [5, 5.41) is 14.0. The van der Waals surface area contributed by atoms with Gasteiger partial charge in [-0.3, -0.25) is 14.9 Å². The number of nitrogens with zero attached hydrogens (tertiary/aromatic N) is 2. The van der Waals surface area contributed by atoms with Crippen LogP contribution in [0.15, 0.2) is 54.6 Å². The first-order chi connectivity index (χ1) is 12.8. The molecule has 0 saturated carbocycles. The number of hydrogen-bond acceptors (Lipinski definition) is 4. The second kappa shape index (κ2) is 7.10. The van der Waals surface area contributed by atoms with Gasteiger partial charge in [0.1, 0.15) is 12.7 Å². The molecule has 2 aromatic rings. The van der Waals surface area contributed by atoms with Gasteiger partial charge < -0.3 is 10.2 Å². The van der Waals surface area contributed by atoms with Gasteiger partial charge >= 0.3 is 6.18 Å². The SMILES string of the molecule is O=C1c2ccccc2N[C@H](/C=C/c2ccccc2[N+](=O)[O-])N1CC(F)(F)F. The Morgan fingerprint density at radius 1 is 1.15 bits per heavy atom. The molecule has 0 aliphatic carbocycles. The van der Waals surface area contributed by atoms with E-state index in [4.69, 9.17) is 0 Å². The van der Waals surface area contributed by atoms with Gasteiger partial charge in [0, 0.05) is 11.8 Å². The molecule has 0 aromatic heterocycles. The van der Waals surface area contributed by atoms with Crippen molar-refractivity contribution >= 4 is 23.4 Å². The molecule has 140 valence electrons. The lowest BCUT2D eigenvalue weighted by Gasteiger charge is -2.36. The van der Waals surface area contributed by atoms with Gasteiger partial charge in [0.25, 0.3) is 11.6 Å². The lowest BCUT2D eigenvalue weighted by molar-refractivity contribution is -0.385. The van der Waals surface area contributed by atoms with E-state index in [0.29, 0.717) is 10.6 Å². The molecule has 6 nitrogen and oxygen atoms in total. The number of anilines is 1. The molecule has 1 N–H and O–H groups in total. The predicted octanol–water partition coefficient (Wildman–Crippen LogP) is 4.06. The highest BCUT2D eigenvalue weighted by Gasteiger charge is 2.39. The largest absolute Gasteiger partial charge is 0.406 e. The number of halogens is 3. The quantitative estimate of drug-likeness (QED) is 0.644. The standard InChI is InChI=1S/C18H14F3N3O3/c19-18(20,21)11-23-16(22-14-7-3-2-6-13(14)17(23)25)10-9-12-5-1-4-8-15(12)24(26)27/h1-10,16,22H,11H2/b10-9+/t16-/m0/s1. The molecule has 2 aromatic carbocycles. The van der Waals surface area contributed by atoms with Crippen LogP contribution in [-0.4, -0.2) is 34.6 Å². The van der Waals surface area contributed by atoms with Crippen LogP contribution in [-0.2, 0) is 0 Å². The summed E-state index contributed by atoms with van der Waals surface area (Å²) in [6, 6.07) is 12.1. The van der Waals surface area contributed by atoms with Gasteiger partial charge in [-0.2, -0.15) is 13.2 Å². The van der Waals surface area contributed by atoms with Crippen molar-refractivity contribution in [3.05, 3.63) is 75.8 Å². The maximum Gasteiger partial charge on any atom is 0.406 e. The Labute approximate surface area is 152 Å². The van der Waals surface area contributed by atoms with E-state index in [-0.39, 0.29) is 16.8 Å². The first-order valence-corrected chi connectivity index (χ1v) is 7.91. The van der Waals surface area contributed by atoms with E-state index in [1.54, 1.807) is 24.3 Å². The number of carbonyl (C=O) groups is 1. The van der Waals surface area contributed by atoms with Crippen molar-refractivity contribution in [1.29, 1.82) is 0 Å². The number of fused-ring (bicyclic) bond motifs is 1. The molecule has 0 saturated heterocycles. The monoisotopic (exact) mass is 377 g/mol. The first-order valence-electron chi connectivity index (χ1n) is 7.91. The number of nitro groups is 1. The Balaban J connectivity index is 1.97. The van der Waals surface area contributed by atoms with Crippen molar-refractivity contribution in [3.8, 4) is 0 Å². The van der Waals surface area contributed by atoms with Crippen LogP contribution in [0.2, 0.25) is 0 Å². The summed E-state index contributed by atoms with van der Waals surface area (Å²) in [5.41, 5.74) is 0.580. The molecule has 27 heavy (non-hydrogen) atoms. The second-order valence-corrected chi connectivity index (χ2v) is 5.86. The Kier molecular flexibility index (Phi) is 4.85. The minimum absolute atomic E-state index is 0.136. The van der Waals surface area contributed by atoms with Gasteiger partial charge in [-0.15, -0.1) is 0 Å². The molecular weight excluding hydrogens is 363 g/mol. The molecular formula is C18H14F3N3O3. The molecule has 1 aliphatic heterocycles. The fourth-order valence-electron chi connectivity index (χ4n) is 2.82. The fraction of sp³-hybridized carbons (Fsp3) is 0.167. The summed E-state index contributed by atoms with van der Waals surface area (Å²) in [5.74, 6) is -0.765. The number of carbonyl (C=O) groups excluding carboxylic acids is 1. The summed E-state index contributed by atoms with van der Waals surface area (Å²) < 4.78 is 38.9. The molecule has 9 heteroatoms. The normalized spacial score (nSPS) is 16.9. The summed E-state index contributed by atoms with van der Waals surface area (Å²) in [7, 11) is 0. The van der Waals surface area contributed by atoms with Crippen molar-refractivity contribution in [2.24, 2.45) is 0 Å². The zero-order valence-corrected chi connectivity index (χ0v) is 13.8. The summed E-state index contributed by atoms with van der Waals surface area (Å²) in [6.07, 6.45) is -3.05. The lowest BCUT2D eigenvalue weighted by Crippen LogP contribution is -2.51. The van der Waals surface area contributed by atoms with E-state index in [9.17, 15) is 28.1 Å². The average molecular weight is 377 g/mol. The van der Waals surface area contributed by atoms with E-state index in [1.807, 2.05) is 0 Å². The van der Waals surface area contributed by atoms with Gasteiger partial charge in [0.15, 0.2) is 0 Å². The van der Waals surface area contributed by atoms with Crippen molar-refractivity contribution in [2.75, 3.05) is 11.9 Å². The van der Waals surface area contributed by atoms with Crippen molar-refractivity contribution in [2.45, 2.75) is 12.3 Å². The smallest absolute Gasteiger partial charge is 0.361 e. The Hall–Kier alpha value is -3.36. The highest BCUT2D eigenvalue weighted by atomic mass is 19.4. The molecule has 0 fully saturated rings. The Morgan fingerprint density at radius 2 is 1.81 bits per heavy atom. The minimum Gasteiger partial charge on any atom is -0.361 e. The number of nitrogens with one attached hydrogen (secondary N) is 1. The van der Waals surface area contributed by atoms with Crippen molar-refractivity contribution in [1.82, 2.24) is 4.90 Å². The predicted molar refractivity (Wildman–Crippen MR) is 93.1 cm³/mol. The van der Waals surface area contributed by atoms with Crippen LogP contribution in [0.5, 0.6) is 0 Å². The van der Waals surface area contributed by atoms with Crippen LogP contribution in [0.1, 0.15) is 15.9 Å². The van der Waals surface area contributed by atoms with Gasteiger partial charge in [0.2, 0.25) is 0 Å². The number of para-hydroxylation sites is 2. The van der Waals surface area contributed by atoms with Crippen LogP contribution < -0.4 is 5.32 Å². The van der Waals surface area contributed by atoms with Gasteiger partial charge in [-0.25, -0.2) is 0 Å². The summed E-state index contributed by atoms with van der Waals surface area (Å²) >= 11 is 0. The third-order valence-electron chi connectivity index (χ3n) is 4.00. The Bertz CT molecular complexity index is 912. The topological polar surface area (TPSA) is 75.5 Å². The molecule has 0 bridgehead atoms. The molecule has 1 atom stereocenters. The van der Waals surface area contributed by atoms with E-state index < -0.39 is 29.7 Å². The van der Waals surface area contributed by atoms with Crippen molar-refractivity contribution in [3.63, 3.8) is 0 Å². The molecule has 0 spiro atoms. The maximum atomic E-state index is 13.0. The molecule has 1 amide bonds. The average Bonchev–Trinajstić information content (AvgIpc) is 2.62. The zero-order chi connectivity index (χ0) is 19.6. The van der Waals surface area contributed by atoms with Crippen LogP contribution in [0.25, 0.3) is 6.08 Å². The van der Waals surface area contributed by atoms with Crippen molar-refractivity contribution < 1.29 is 22.9 Å². The number of rotatable bonds is 4. The van der Waals surface area contributed by atoms with Gasteiger partial charge in [-0.05, 0) is 30.4 Å². The zero-order valence-electron chi connectivity index (χ0n) is 13.8. The number of nitro benzene ring substituents is 1. The molecule has 0 radical (unpaired) electrons. The lowest BCUT2D eigenvalue weighted by atomic mass is 10.1. The van der Waals surface area contributed by atoms with Crippen LogP contribution >= 0.6 is 0 Å². The minimum atomic E-state index is -4.59. The molecule has 0 unspecified atom stereocenters. The third-order valence-corrected chi connectivity index (χ3v) is 4.00. The highest BCUT2D eigenvalue weighted by Crippen LogP contribution is 2.29. The summed E-state index contributed by atoms with van der Waals surface area (Å²) in [4.78, 5) is 23.7. The van der Waals surface area contributed by atoms with E-state index in [0.717, 1.165) is 0 Å². The number of alkyl halides is 3. The third kappa shape index (κ3) is 4.08. The molecule has 1 aliphatic rings. The van der Waals surface area contributed by atoms with Crippen LogP contribution in [0.4, 0.5) is 24.5 Å². The van der Waals surface area contributed by atoms with E-state index in [1.165, 1.54) is 36.4 Å². The highest BCUT2D eigenvalue weighted by molar-refractivity contribution is 6.02. The van der Waals surface area contributed by atoms with E-state index in [2.05, 4.69) is 5.32 Å². The first kappa shape index (κ1) is 18.4. The Morgan fingerprint density at radius 3 is 2.52 bits per heavy atom. The second-order valence-electron chi connectivity index (χ2n) is 5.86. The fourth-order valence-corrected chi connectivity index (χ4v) is 2.82. The molecule has 3 rings (SSSR count). The number of benzene rings is 2. The van der Waals surface area contributed by atoms with Gasteiger partial charge in [0.05, 0.1) is 16.1 Å². The van der Waals surface area contributed by atoms with Crippen LogP contribution in [0.3, 0.4) is 0 Å². The molecule has 1 heterocycles. The number of hydrogen-bond donors (Lipinski definition) is 1. The van der Waals surface area contributed by atoms with E-state index >= 15 is 0 Å². The maximum absolute atomic E-state index is 13.0. The van der Waals surface area contributed by atoms with Gasteiger partial charge in [-0.1, -0.05) is 24.3 Å². The van der Waals surface area contributed by atoms with Crippen LogP contribution in [0, 0.1) is 10.1 Å². The number of amides is 1. The summed E-state index contributed by atoms with van der Waals surface area (Å²) in [6.45, 7) is -1.45.